The predicted octanol–water partition coefficient (Wildman–Crippen LogP) is 2.02. The highest BCUT2D eigenvalue weighted by Gasteiger charge is 2.26. The zero-order valence-electron chi connectivity index (χ0n) is 10.4. The Labute approximate surface area is 102 Å². The molecule has 1 aliphatic heterocycles. The fourth-order valence-corrected chi connectivity index (χ4v) is 2.10. The Bertz CT molecular complexity index is 448. The van der Waals surface area contributed by atoms with Crippen LogP contribution in [0, 0.1) is 0 Å². The van der Waals surface area contributed by atoms with E-state index in [1.807, 2.05) is 44.3 Å². The van der Waals surface area contributed by atoms with Gasteiger partial charge in [-0.15, -0.1) is 0 Å². The second-order valence-corrected chi connectivity index (χ2v) is 4.39. The molecule has 0 saturated carbocycles. The zero-order chi connectivity index (χ0) is 12.4. The Kier molecular flexibility index (Phi) is 3.18. The molecule has 1 heterocycles. The number of methoxy groups -OCH3 is 1. The highest BCUT2D eigenvalue weighted by molar-refractivity contribution is 5.95. The van der Waals surface area contributed by atoms with Gasteiger partial charge in [0.1, 0.15) is 5.75 Å². The molecule has 1 aromatic rings. The quantitative estimate of drug-likeness (QED) is 0.796. The molecular formula is C14H17NO2. The summed E-state index contributed by atoms with van der Waals surface area (Å²) in [5.74, 6) is 0.986. The van der Waals surface area contributed by atoms with Crippen LogP contribution < -0.4 is 4.74 Å². The number of hydrogen-bond donors (Lipinski definition) is 0. The Morgan fingerprint density at radius 3 is 2.41 bits per heavy atom. The first kappa shape index (κ1) is 11.7. The van der Waals surface area contributed by atoms with Crippen molar-refractivity contribution in [3.8, 4) is 5.75 Å². The van der Waals surface area contributed by atoms with E-state index in [1.165, 1.54) is 5.56 Å². The molecule has 1 aromatic carbocycles. The van der Waals surface area contributed by atoms with Gasteiger partial charge in [-0.05, 0) is 31.0 Å². The first-order valence-electron chi connectivity index (χ1n) is 5.70. The maximum atomic E-state index is 11.6. The van der Waals surface area contributed by atoms with Crippen molar-refractivity contribution in [3.05, 3.63) is 41.5 Å². The smallest absolute Gasteiger partial charge is 0.249 e. The molecule has 90 valence electrons. The minimum atomic E-state index is 0.128. The highest BCUT2D eigenvalue weighted by Crippen LogP contribution is 2.20. The van der Waals surface area contributed by atoms with Gasteiger partial charge in [0.05, 0.1) is 13.2 Å². The Morgan fingerprint density at radius 2 is 1.94 bits per heavy atom. The summed E-state index contributed by atoms with van der Waals surface area (Å²) in [5.41, 5.74) is 2.05. The first-order valence-corrected chi connectivity index (χ1v) is 5.70. The van der Waals surface area contributed by atoms with Crippen LogP contribution in [0.15, 0.2) is 35.9 Å². The first-order chi connectivity index (χ1) is 8.11. The SMILES string of the molecule is COc1ccc(C[C@@H]2C=C(C)C(=O)N2C)cc1. The standard InChI is InChI=1S/C14H17NO2/c1-10-8-12(15(2)14(10)16)9-11-4-6-13(17-3)7-5-11/h4-8,12H,9H2,1-3H3/t12-/m0/s1. The van der Waals surface area contributed by atoms with Crippen LogP contribution in [0.5, 0.6) is 5.75 Å². The van der Waals surface area contributed by atoms with Crippen LogP contribution in [0.1, 0.15) is 12.5 Å². The predicted molar refractivity (Wildman–Crippen MR) is 67.0 cm³/mol. The van der Waals surface area contributed by atoms with Gasteiger partial charge in [0.25, 0.3) is 0 Å². The largest absolute Gasteiger partial charge is 0.497 e. The van der Waals surface area contributed by atoms with Crippen LogP contribution >= 0.6 is 0 Å². The molecule has 0 unspecified atom stereocenters. The Hall–Kier alpha value is -1.77. The number of ether oxygens (including phenoxy) is 1. The molecule has 0 radical (unpaired) electrons. The molecule has 0 N–H and O–H groups in total. The molecule has 0 spiro atoms. The molecule has 1 aliphatic rings. The lowest BCUT2D eigenvalue weighted by Gasteiger charge is -2.19. The maximum absolute atomic E-state index is 11.6. The summed E-state index contributed by atoms with van der Waals surface area (Å²) < 4.78 is 5.12. The lowest BCUT2D eigenvalue weighted by molar-refractivity contribution is -0.125. The number of likely N-dealkylation sites (N-methyl/N-ethyl adjacent to an activating group) is 1. The number of hydrogen-bond acceptors (Lipinski definition) is 2. The van der Waals surface area contributed by atoms with E-state index in [0.717, 1.165) is 17.7 Å². The van der Waals surface area contributed by atoms with Gasteiger partial charge in [-0.3, -0.25) is 4.79 Å². The van der Waals surface area contributed by atoms with Crippen LogP contribution in [0.4, 0.5) is 0 Å². The molecule has 0 aliphatic carbocycles. The number of rotatable bonds is 3. The molecule has 17 heavy (non-hydrogen) atoms. The maximum Gasteiger partial charge on any atom is 0.249 e. The van der Waals surface area contributed by atoms with E-state index in [4.69, 9.17) is 4.74 Å². The summed E-state index contributed by atoms with van der Waals surface area (Å²) in [6.45, 7) is 1.87. The highest BCUT2D eigenvalue weighted by atomic mass is 16.5. The Morgan fingerprint density at radius 1 is 1.29 bits per heavy atom. The fraction of sp³-hybridized carbons (Fsp3) is 0.357. The summed E-state index contributed by atoms with van der Waals surface area (Å²) in [6.07, 6.45) is 2.89. The number of benzene rings is 1. The van der Waals surface area contributed by atoms with Gasteiger partial charge in [0, 0.05) is 12.6 Å². The van der Waals surface area contributed by atoms with E-state index in [-0.39, 0.29) is 11.9 Å². The second-order valence-electron chi connectivity index (χ2n) is 4.39. The van der Waals surface area contributed by atoms with E-state index >= 15 is 0 Å². The van der Waals surface area contributed by atoms with Crippen LogP contribution in [0.25, 0.3) is 0 Å². The van der Waals surface area contributed by atoms with E-state index in [9.17, 15) is 4.79 Å². The number of amides is 1. The van der Waals surface area contributed by atoms with E-state index < -0.39 is 0 Å². The average Bonchev–Trinajstić information content (AvgIpc) is 2.58. The number of nitrogens with zero attached hydrogens (tertiary/aromatic N) is 1. The van der Waals surface area contributed by atoms with Crippen molar-refractivity contribution in [2.45, 2.75) is 19.4 Å². The number of carbonyl (C=O) groups is 1. The van der Waals surface area contributed by atoms with Crippen LogP contribution in [-0.2, 0) is 11.2 Å². The van der Waals surface area contributed by atoms with E-state index in [0.29, 0.717) is 0 Å². The molecule has 1 atom stereocenters. The van der Waals surface area contributed by atoms with Crippen molar-refractivity contribution in [1.82, 2.24) is 4.90 Å². The van der Waals surface area contributed by atoms with E-state index in [2.05, 4.69) is 0 Å². The van der Waals surface area contributed by atoms with Gasteiger partial charge >= 0.3 is 0 Å². The average molecular weight is 231 g/mol. The summed E-state index contributed by atoms with van der Waals surface area (Å²) in [7, 11) is 3.51. The van der Waals surface area contributed by atoms with Gasteiger partial charge in [0.2, 0.25) is 5.91 Å². The van der Waals surface area contributed by atoms with Crippen LogP contribution in [-0.4, -0.2) is 31.0 Å². The van der Waals surface area contributed by atoms with Crippen LogP contribution in [0.3, 0.4) is 0 Å². The molecule has 1 amide bonds. The van der Waals surface area contributed by atoms with Gasteiger partial charge in [-0.1, -0.05) is 18.2 Å². The molecular weight excluding hydrogens is 214 g/mol. The van der Waals surface area contributed by atoms with Crippen molar-refractivity contribution in [3.63, 3.8) is 0 Å². The molecule has 0 aromatic heterocycles. The van der Waals surface area contributed by atoms with Gasteiger partial charge in [-0.25, -0.2) is 0 Å². The van der Waals surface area contributed by atoms with Gasteiger partial charge in [0.15, 0.2) is 0 Å². The minimum absolute atomic E-state index is 0.128. The van der Waals surface area contributed by atoms with Crippen molar-refractivity contribution in [2.75, 3.05) is 14.2 Å². The van der Waals surface area contributed by atoms with Crippen molar-refractivity contribution in [1.29, 1.82) is 0 Å². The van der Waals surface area contributed by atoms with Gasteiger partial charge in [-0.2, -0.15) is 0 Å². The normalized spacial score (nSPS) is 19.5. The molecule has 3 heteroatoms. The fourth-order valence-electron chi connectivity index (χ4n) is 2.10. The molecule has 2 rings (SSSR count). The van der Waals surface area contributed by atoms with Crippen molar-refractivity contribution >= 4 is 5.91 Å². The lowest BCUT2D eigenvalue weighted by Crippen LogP contribution is -2.31. The van der Waals surface area contributed by atoms with Gasteiger partial charge < -0.3 is 9.64 Å². The third kappa shape index (κ3) is 2.33. The number of carbonyl (C=O) groups excluding carboxylic acids is 1. The second kappa shape index (κ2) is 4.62. The zero-order valence-corrected chi connectivity index (χ0v) is 10.4. The molecule has 3 nitrogen and oxygen atoms in total. The third-order valence-electron chi connectivity index (χ3n) is 3.20. The molecule has 0 bridgehead atoms. The molecule has 0 fully saturated rings. The van der Waals surface area contributed by atoms with E-state index in [1.54, 1.807) is 12.0 Å². The summed E-state index contributed by atoms with van der Waals surface area (Å²) in [6, 6.07) is 8.15. The monoisotopic (exact) mass is 231 g/mol. The Balaban J connectivity index is 2.08. The van der Waals surface area contributed by atoms with Crippen LogP contribution in [0.2, 0.25) is 0 Å². The molecule has 0 saturated heterocycles. The third-order valence-corrected chi connectivity index (χ3v) is 3.20. The summed E-state index contributed by atoms with van der Waals surface area (Å²) in [5, 5.41) is 0. The van der Waals surface area contributed by atoms with Crippen molar-refractivity contribution in [2.24, 2.45) is 0 Å². The minimum Gasteiger partial charge on any atom is -0.497 e. The summed E-state index contributed by atoms with van der Waals surface area (Å²) >= 11 is 0. The topological polar surface area (TPSA) is 29.5 Å². The lowest BCUT2D eigenvalue weighted by atomic mass is 10.1. The summed E-state index contributed by atoms with van der Waals surface area (Å²) in [4.78, 5) is 13.4. The van der Waals surface area contributed by atoms with Crippen molar-refractivity contribution < 1.29 is 9.53 Å².